The van der Waals surface area contributed by atoms with Crippen molar-refractivity contribution in [2.45, 2.75) is 45.6 Å². The van der Waals surface area contributed by atoms with Gasteiger partial charge in [0.05, 0.1) is 5.92 Å². The van der Waals surface area contributed by atoms with E-state index < -0.39 is 11.5 Å². The molecule has 0 aromatic rings. The highest BCUT2D eigenvalue weighted by Crippen LogP contribution is 2.20. The van der Waals surface area contributed by atoms with E-state index in [1.54, 1.807) is 13.8 Å². The van der Waals surface area contributed by atoms with Crippen LogP contribution in [0, 0.1) is 5.92 Å². The Kier molecular flexibility index (Phi) is 7.88. The summed E-state index contributed by atoms with van der Waals surface area (Å²) in [5.74, 6) is -1.09. The molecule has 0 aliphatic carbocycles. The van der Waals surface area contributed by atoms with Crippen molar-refractivity contribution in [2.75, 3.05) is 13.6 Å². The first kappa shape index (κ1) is 19.3. The fourth-order valence-corrected chi connectivity index (χ4v) is 1.99. The van der Waals surface area contributed by atoms with Crippen molar-refractivity contribution in [1.29, 1.82) is 0 Å². The Balaban J connectivity index is 4.97. The Morgan fingerprint density at radius 1 is 1.24 bits per heavy atom. The molecule has 0 aromatic heterocycles. The number of rotatable bonds is 9. The normalized spacial score (nSPS) is 12.4. The number of hydrogen-bond donors (Lipinski definition) is 3. The molecule has 0 heterocycles. The predicted octanol–water partition coefficient (Wildman–Crippen LogP) is 0.518. The monoisotopic (exact) mass is 297 g/mol. The van der Waals surface area contributed by atoms with E-state index in [9.17, 15) is 14.4 Å². The Morgan fingerprint density at radius 2 is 1.81 bits per heavy atom. The maximum atomic E-state index is 12.4. The number of hydrogen-bond acceptors (Lipinski definition) is 4. The molecule has 0 aromatic carbocycles. The largest absolute Gasteiger partial charge is 0.357 e. The fraction of sp³-hybridized carbons (Fsp3) is 0.667. The lowest BCUT2D eigenvalue weighted by Gasteiger charge is -2.28. The molecule has 6 nitrogen and oxygen atoms in total. The summed E-state index contributed by atoms with van der Waals surface area (Å²) in [4.78, 5) is 35.3. The maximum absolute atomic E-state index is 12.4. The van der Waals surface area contributed by atoms with Gasteiger partial charge in [0.15, 0.2) is 0 Å². The first-order valence-corrected chi connectivity index (χ1v) is 7.07. The van der Waals surface area contributed by atoms with Gasteiger partial charge in [0.25, 0.3) is 0 Å². The van der Waals surface area contributed by atoms with Gasteiger partial charge >= 0.3 is 0 Å². The van der Waals surface area contributed by atoms with E-state index in [1.165, 1.54) is 14.0 Å². The van der Waals surface area contributed by atoms with Crippen molar-refractivity contribution >= 4 is 17.6 Å². The van der Waals surface area contributed by atoms with Crippen LogP contribution in [0.2, 0.25) is 0 Å². The molecule has 0 fully saturated rings. The molecule has 0 radical (unpaired) electrons. The van der Waals surface area contributed by atoms with Crippen LogP contribution in [0.1, 0.15) is 40.0 Å². The van der Waals surface area contributed by atoms with Gasteiger partial charge in [0.2, 0.25) is 11.8 Å². The molecule has 0 saturated carbocycles. The Hall–Kier alpha value is -1.69. The molecule has 0 aliphatic rings. The smallest absolute Gasteiger partial charge is 0.244 e. The van der Waals surface area contributed by atoms with Crippen molar-refractivity contribution in [3.63, 3.8) is 0 Å². The Bertz CT molecular complexity index is 416. The summed E-state index contributed by atoms with van der Waals surface area (Å²) < 4.78 is 0. The van der Waals surface area contributed by atoms with Crippen molar-refractivity contribution < 1.29 is 14.4 Å². The SMILES string of the molecule is C=C(CCN)[C@@H](CCC(C)=O)C(=O)NC(C)(C)C(=O)NC. The number of nitrogens with one attached hydrogen (secondary N) is 2. The number of likely N-dealkylation sites (N-methyl/N-ethyl adjacent to an activating group) is 1. The number of ketones is 1. The highest BCUT2D eigenvalue weighted by atomic mass is 16.2. The zero-order valence-corrected chi connectivity index (χ0v) is 13.4. The van der Waals surface area contributed by atoms with E-state index in [1.807, 2.05) is 0 Å². The average Bonchev–Trinajstić information content (AvgIpc) is 2.37. The summed E-state index contributed by atoms with van der Waals surface area (Å²) in [7, 11) is 1.51. The summed E-state index contributed by atoms with van der Waals surface area (Å²) in [6.45, 7) is 9.00. The molecule has 0 aliphatic heterocycles. The number of amides is 2. The van der Waals surface area contributed by atoms with Crippen LogP contribution in [-0.4, -0.2) is 36.7 Å². The first-order valence-electron chi connectivity index (χ1n) is 7.07. The lowest BCUT2D eigenvalue weighted by molar-refractivity contribution is -0.133. The second kappa shape index (κ2) is 8.56. The number of Topliss-reactive ketones (excluding diaryl/α,β-unsaturated/α-hetero) is 1. The standard InChI is InChI=1S/C15H27N3O3/c1-10(8-9-16)12(7-6-11(2)19)13(20)18-15(3,4)14(21)17-5/h12H,1,6-9,16H2,2-5H3,(H,17,21)(H,18,20)/t12-/m1/s1. The third-order valence-corrected chi connectivity index (χ3v) is 3.29. The van der Waals surface area contributed by atoms with Gasteiger partial charge < -0.3 is 21.2 Å². The molecule has 0 bridgehead atoms. The number of nitrogens with two attached hydrogens (primary N) is 1. The predicted molar refractivity (Wildman–Crippen MR) is 82.5 cm³/mol. The van der Waals surface area contributed by atoms with E-state index in [4.69, 9.17) is 5.73 Å². The number of carbonyl (C=O) groups excluding carboxylic acids is 3. The summed E-state index contributed by atoms with van der Waals surface area (Å²) in [5, 5.41) is 5.21. The molecular formula is C15H27N3O3. The minimum atomic E-state index is -1.02. The lowest BCUT2D eigenvalue weighted by atomic mass is 9.90. The summed E-state index contributed by atoms with van der Waals surface area (Å²) in [5.41, 5.74) is 5.16. The molecule has 120 valence electrons. The highest BCUT2D eigenvalue weighted by Gasteiger charge is 2.32. The van der Waals surface area contributed by atoms with Gasteiger partial charge in [-0.1, -0.05) is 12.2 Å². The zero-order valence-electron chi connectivity index (χ0n) is 13.4. The highest BCUT2D eigenvalue weighted by molar-refractivity contribution is 5.92. The van der Waals surface area contributed by atoms with E-state index >= 15 is 0 Å². The Labute approximate surface area is 126 Å². The molecule has 2 amide bonds. The van der Waals surface area contributed by atoms with Gasteiger partial charge in [0.1, 0.15) is 11.3 Å². The summed E-state index contributed by atoms with van der Waals surface area (Å²) in [6.07, 6.45) is 1.18. The maximum Gasteiger partial charge on any atom is 0.244 e. The topological polar surface area (TPSA) is 101 Å². The van der Waals surface area contributed by atoms with E-state index in [-0.39, 0.29) is 17.6 Å². The third-order valence-electron chi connectivity index (χ3n) is 3.29. The lowest BCUT2D eigenvalue weighted by Crippen LogP contribution is -2.55. The Morgan fingerprint density at radius 3 is 2.24 bits per heavy atom. The number of carbonyl (C=O) groups is 3. The van der Waals surface area contributed by atoms with Crippen molar-refractivity contribution in [3.8, 4) is 0 Å². The van der Waals surface area contributed by atoms with Gasteiger partial charge in [-0.15, -0.1) is 0 Å². The van der Waals surface area contributed by atoms with Crippen LogP contribution in [0.3, 0.4) is 0 Å². The molecule has 0 unspecified atom stereocenters. The fourth-order valence-electron chi connectivity index (χ4n) is 1.99. The first-order chi connectivity index (χ1) is 9.65. The van der Waals surface area contributed by atoms with E-state index in [2.05, 4.69) is 17.2 Å². The summed E-state index contributed by atoms with van der Waals surface area (Å²) in [6, 6.07) is 0. The minimum absolute atomic E-state index is 0.0129. The molecule has 0 rings (SSSR count). The average molecular weight is 297 g/mol. The molecule has 4 N–H and O–H groups in total. The molecule has 0 spiro atoms. The third kappa shape index (κ3) is 6.53. The van der Waals surface area contributed by atoms with Crippen LogP contribution in [0.25, 0.3) is 0 Å². The quantitative estimate of drug-likeness (QED) is 0.540. The molecule has 1 atom stereocenters. The second-order valence-corrected chi connectivity index (χ2v) is 5.68. The molecular weight excluding hydrogens is 270 g/mol. The molecule has 0 saturated heterocycles. The second-order valence-electron chi connectivity index (χ2n) is 5.68. The van der Waals surface area contributed by atoms with Crippen LogP contribution in [0.5, 0.6) is 0 Å². The van der Waals surface area contributed by atoms with Crippen molar-refractivity contribution in [1.82, 2.24) is 10.6 Å². The zero-order chi connectivity index (χ0) is 16.6. The van der Waals surface area contributed by atoms with Gasteiger partial charge in [-0.05, 0) is 40.2 Å². The molecule has 21 heavy (non-hydrogen) atoms. The van der Waals surface area contributed by atoms with Crippen LogP contribution < -0.4 is 16.4 Å². The summed E-state index contributed by atoms with van der Waals surface area (Å²) >= 11 is 0. The van der Waals surface area contributed by atoms with Gasteiger partial charge in [0, 0.05) is 13.5 Å². The van der Waals surface area contributed by atoms with Crippen LogP contribution in [0.15, 0.2) is 12.2 Å². The van der Waals surface area contributed by atoms with Crippen LogP contribution in [0.4, 0.5) is 0 Å². The van der Waals surface area contributed by atoms with Gasteiger partial charge in [-0.2, -0.15) is 0 Å². The van der Waals surface area contributed by atoms with Crippen molar-refractivity contribution in [3.05, 3.63) is 12.2 Å². The van der Waals surface area contributed by atoms with Crippen molar-refractivity contribution in [2.24, 2.45) is 11.7 Å². The van der Waals surface area contributed by atoms with Crippen LogP contribution >= 0.6 is 0 Å². The van der Waals surface area contributed by atoms with E-state index in [0.717, 1.165) is 0 Å². The minimum Gasteiger partial charge on any atom is -0.357 e. The molecule has 6 heteroatoms. The van der Waals surface area contributed by atoms with E-state index in [0.29, 0.717) is 31.4 Å². The van der Waals surface area contributed by atoms with Crippen LogP contribution in [-0.2, 0) is 14.4 Å². The van der Waals surface area contributed by atoms with Gasteiger partial charge in [-0.25, -0.2) is 0 Å². The van der Waals surface area contributed by atoms with Gasteiger partial charge in [-0.3, -0.25) is 9.59 Å².